The first-order valence-electron chi connectivity index (χ1n) is 5.74. The highest BCUT2D eigenvalue weighted by Crippen LogP contribution is 2.23. The Morgan fingerprint density at radius 2 is 1.95 bits per heavy atom. The van der Waals surface area contributed by atoms with Crippen LogP contribution in [-0.2, 0) is 14.8 Å². The number of carbonyl (C=O) groups is 1. The van der Waals surface area contributed by atoms with Gasteiger partial charge in [-0.3, -0.25) is 9.71 Å². The molecule has 1 aliphatic heterocycles. The summed E-state index contributed by atoms with van der Waals surface area (Å²) >= 11 is 0. The minimum Gasteiger partial charge on any atom is -0.548 e. The molecule has 0 fully saturated rings. The van der Waals surface area contributed by atoms with Gasteiger partial charge in [0.05, 0.1) is 16.9 Å². The standard InChI is InChI=1S/C12H14N2O4S/c1-7(2)10(12(15)16)13-11-8-5-3-4-6-9(8)19(17,18)14-11/h3-7,10H,1-2H3,(H,13,14)(H,15,16)/p-1/t10-/m0/s1. The van der Waals surface area contributed by atoms with Gasteiger partial charge in [0.1, 0.15) is 5.84 Å². The Balaban J connectivity index is 2.52. The lowest BCUT2D eigenvalue weighted by Crippen LogP contribution is -2.39. The second kappa shape index (κ2) is 4.65. The molecule has 2 rings (SSSR count). The number of hydrogen-bond donors (Lipinski definition) is 1. The number of amidine groups is 1. The van der Waals surface area contributed by atoms with Gasteiger partial charge in [-0.2, -0.15) is 0 Å². The third-order valence-corrected chi connectivity index (χ3v) is 4.20. The zero-order chi connectivity index (χ0) is 14.2. The number of sulfonamides is 1. The van der Waals surface area contributed by atoms with Crippen LogP contribution < -0.4 is 9.83 Å². The molecule has 0 saturated carbocycles. The number of carbonyl (C=O) groups excluding carboxylic acids is 1. The van der Waals surface area contributed by atoms with Crippen LogP contribution in [0.5, 0.6) is 0 Å². The maximum atomic E-state index is 11.8. The normalized spacial score (nSPS) is 20.1. The zero-order valence-electron chi connectivity index (χ0n) is 10.5. The van der Waals surface area contributed by atoms with E-state index < -0.39 is 22.0 Å². The van der Waals surface area contributed by atoms with Crippen LogP contribution in [0.4, 0.5) is 0 Å². The van der Waals surface area contributed by atoms with E-state index in [9.17, 15) is 18.3 Å². The van der Waals surface area contributed by atoms with Crippen LogP contribution in [-0.4, -0.2) is 26.3 Å². The van der Waals surface area contributed by atoms with Crippen molar-refractivity contribution < 1.29 is 18.3 Å². The van der Waals surface area contributed by atoms with E-state index in [-0.39, 0.29) is 16.6 Å². The van der Waals surface area contributed by atoms with E-state index in [0.717, 1.165) is 0 Å². The highest BCUT2D eigenvalue weighted by molar-refractivity contribution is 7.90. The molecular weight excluding hydrogens is 268 g/mol. The van der Waals surface area contributed by atoms with Crippen LogP contribution in [0, 0.1) is 5.92 Å². The molecular formula is C12H13N2O4S-. The SMILES string of the molecule is CC(C)[C@H](N=C1NS(=O)(=O)c2ccccc21)C(=O)[O-]. The quantitative estimate of drug-likeness (QED) is 0.807. The molecule has 0 aromatic heterocycles. The number of carboxylic acid groups (broad SMARTS) is 1. The Hall–Kier alpha value is -1.89. The largest absolute Gasteiger partial charge is 0.548 e. The molecule has 0 saturated heterocycles. The van der Waals surface area contributed by atoms with Crippen LogP contribution >= 0.6 is 0 Å². The summed E-state index contributed by atoms with van der Waals surface area (Å²) in [5.41, 5.74) is 0.384. The number of aliphatic imine (C=N–C) groups is 1. The van der Waals surface area contributed by atoms with Crippen molar-refractivity contribution in [2.24, 2.45) is 10.9 Å². The van der Waals surface area contributed by atoms with Crippen molar-refractivity contribution in [3.8, 4) is 0 Å². The van der Waals surface area contributed by atoms with Gasteiger partial charge in [0.2, 0.25) is 0 Å². The van der Waals surface area contributed by atoms with Crippen LogP contribution in [0.3, 0.4) is 0 Å². The minimum absolute atomic E-state index is 0.0542. The Morgan fingerprint density at radius 3 is 2.53 bits per heavy atom. The highest BCUT2D eigenvalue weighted by Gasteiger charge is 2.31. The van der Waals surface area contributed by atoms with Crippen LogP contribution in [0.1, 0.15) is 19.4 Å². The predicted molar refractivity (Wildman–Crippen MR) is 66.9 cm³/mol. The fraction of sp³-hybridized carbons (Fsp3) is 0.333. The van der Waals surface area contributed by atoms with Gasteiger partial charge < -0.3 is 9.90 Å². The van der Waals surface area contributed by atoms with Crippen molar-refractivity contribution in [3.05, 3.63) is 29.8 Å². The van der Waals surface area contributed by atoms with E-state index in [0.29, 0.717) is 5.56 Å². The fourth-order valence-electron chi connectivity index (χ4n) is 1.84. The number of benzene rings is 1. The maximum absolute atomic E-state index is 11.8. The molecule has 0 unspecified atom stereocenters. The molecule has 7 heteroatoms. The Bertz CT molecular complexity index is 649. The Kier molecular flexibility index (Phi) is 3.32. The molecule has 0 amide bonds. The molecule has 0 bridgehead atoms. The van der Waals surface area contributed by atoms with Gasteiger partial charge in [-0.15, -0.1) is 0 Å². The Labute approximate surface area is 111 Å². The predicted octanol–water partition coefficient (Wildman–Crippen LogP) is -0.500. The molecule has 0 spiro atoms. The maximum Gasteiger partial charge on any atom is 0.263 e. The van der Waals surface area contributed by atoms with Crippen molar-refractivity contribution >= 4 is 21.8 Å². The molecule has 1 atom stereocenters. The lowest BCUT2D eigenvalue weighted by molar-refractivity contribution is -0.308. The van der Waals surface area contributed by atoms with Gasteiger partial charge >= 0.3 is 0 Å². The van der Waals surface area contributed by atoms with E-state index >= 15 is 0 Å². The van der Waals surface area contributed by atoms with Gasteiger partial charge in [-0.05, 0) is 18.1 Å². The monoisotopic (exact) mass is 281 g/mol. The van der Waals surface area contributed by atoms with Crippen molar-refractivity contribution in [1.29, 1.82) is 0 Å². The molecule has 19 heavy (non-hydrogen) atoms. The minimum atomic E-state index is -3.65. The fourth-order valence-corrected chi connectivity index (χ4v) is 3.08. The molecule has 1 N–H and O–H groups in total. The molecule has 1 aromatic carbocycles. The molecule has 0 radical (unpaired) electrons. The van der Waals surface area contributed by atoms with E-state index in [1.807, 2.05) is 0 Å². The number of fused-ring (bicyclic) bond motifs is 1. The highest BCUT2D eigenvalue weighted by atomic mass is 32.2. The topological polar surface area (TPSA) is 98.7 Å². The third-order valence-electron chi connectivity index (χ3n) is 2.80. The van der Waals surface area contributed by atoms with E-state index in [4.69, 9.17) is 0 Å². The number of rotatable bonds is 3. The number of aliphatic carboxylic acids is 1. The van der Waals surface area contributed by atoms with Crippen LogP contribution in [0.2, 0.25) is 0 Å². The molecule has 1 aromatic rings. The average Bonchev–Trinajstić information content (AvgIpc) is 2.58. The summed E-state index contributed by atoms with van der Waals surface area (Å²) in [6, 6.07) is 5.20. The first-order chi connectivity index (χ1) is 8.83. The Morgan fingerprint density at radius 1 is 1.32 bits per heavy atom. The van der Waals surface area contributed by atoms with E-state index in [1.54, 1.807) is 32.0 Å². The summed E-state index contributed by atoms with van der Waals surface area (Å²) in [5.74, 6) is -1.57. The summed E-state index contributed by atoms with van der Waals surface area (Å²) in [5, 5.41) is 11.0. The number of carboxylic acids is 1. The summed E-state index contributed by atoms with van der Waals surface area (Å²) in [4.78, 5) is 15.1. The smallest absolute Gasteiger partial charge is 0.263 e. The summed E-state index contributed by atoms with van der Waals surface area (Å²) < 4.78 is 25.9. The number of hydrogen-bond acceptors (Lipinski definition) is 5. The van der Waals surface area contributed by atoms with Crippen molar-refractivity contribution in [1.82, 2.24) is 4.72 Å². The first-order valence-corrected chi connectivity index (χ1v) is 7.22. The number of nitrogens with zero attached hydrogens (tertiary/aromatic N) is 1. The first kappa shape index (κ1) is 13.5. The zero-order valence-corrected chi connectivity index (χ0v) is 11.3. The molecule has 0 aliphatic carbocycles. The van der Waals surface area contributed by atoms with E-state index in [1.165, 1.54) is 6.07 Å². The van der Waals surface area contributed by atoms with E-state index in [2.05, 4.69) is 9.71 Å². The molecule has 1 aliphatic rings. The lowest BCUT2D eigenvalue weighted by Gasteiger charge is -2.18. The van der Waals surface area contributed by atoms with Gasteiger partial charge in [-0.1, -0.05) is 26.0 Å². The van der Waals surface area contributed by atoms with Gasteiger partial charge in [0, 0.05) is 5.56 Å². The average molecular weight is 281 g/mol. The molecule has 102 valence electrons. The summed E-state index contributed by atoms with van der Waals surface area (Å²) in [7, 11) is -3.65. The van der Waals surface area contributed by atoms with Gasteiger partial charge in [0.25, 0.3) is 10.0 Å². The second-order valence-corrected chi connectivity index (χ2v) is 6.24. The van der Waals surface area contributed by atoms with Crippen LogP contribution in [0.15, 0.2) is 34.2 Å². The second-order valence-electron chi connectivity index (χ2n) is 4.59. The summed E-state index contributed by atoms with van der Waals surface area (Å²) in [6.45, 7) is 3.36. The molecule has 1 heterocycles. The van der Waals surface area contributed by atoms with Gasteiger partial charge in [-0.25, -0.2) is 8.42 Å². The molecule has 6 nitrogen and oxygen atoms in total. The third kappa shape index (κ3) is 2.46. The lowest BCUT2D eigenvalue weighted by atomic mass is 10.1. The van der Waals surface area contributed by atoms with Crippen molar-refractivity contribution in [2.45, 2.75) is 24.8 Å². The van der Waals surface area contributed by atoms with Crippen molar-refractivity contribution in [3.63, 3.8) is 0 Å². The van der Waals surface area contributed by atoms with Crippen molar-refractivity contribution in [2.75, 3.05) is 0 Å². The number of nitrogens with one attached hydrogen (secondary N) is 1. The van der Waals surface area contributed by atoms with Crippen LogP contribution in [0.25, 0.3) is 0 Å². The summed E-state index contributed by atoms with van der Waals surface area (Å²) in [6.07, 6.45) is 0. The van der Waals surface area contributed by atoms with Gasteiger partial charge in [0.15, 0.2) is 0 Å².